The summed E-state index contributed by atoms with van der Waals surface area (Å²) in [5.41, 5.74) is 17.2. The van der Waals surface area contributed by atoms with E-state index in [9.17, 15) is 0 Å². The van der Waals surface area contributed by atoms with Gasteiger partial charge in [0.15, 0.2) is 17.5 Å². The highest BCUT2D eigenvalue weighted by Gasteiger charge is 2.37. The molecule has 0 fully saturated rings. The molecule has 69 heavy (non-hydrogen) atoms. The lowest BCUT2D eigenvalue weighted by molar-refractivity contribution is 0.661. The topological polar surface area (TPSA) is 48.5 Å². The van der Waals surface area contributed by atoms with Crippen LogP contribution in [0.4, 0.5) is 0 Å². The molecular weight excluding hydrogens is 839 g/mol. The summed E-state index contributed by atoms with van der Waals surface area (Å²) in [6.45, 7) is 4.75. The minimum atomic E-state index is -0.206. The molecule has 0 saturated heterocycles. The molecule has 0 radical (unpaired) electrons. The van der Waals surface area contributed by atoms with Crippen molar-refractivity contribution in [3.63, 3.8) is 0 Å². The molecule has 0 N–H and O–H groups in total. The van der Waals surface area contributed by atoms with Crippen LogP contribution in [0.1, 0.15) is 25.0 Å². The van der Waals surface area contributed by atoms with Crippen molar-refractivity contribution in [2.75, 3.05) is 0 Å². The lowest BCUT2D eigenvalue weighted by Crippen LogP contribution is -2.15. The van der Waals surface area contributed by atoms with Gasteiger partial charge in [-0.3, -0.25) is 0 Å². The van der Waals surface area contributed by atoms with E-state index in [-0.39, 0.29) is 5.41 Å². The number of hydrogen-bond donors (Lipinski definition) is 0. The summed E-state index contributed by atoms with van der Waals surface area (Å²) in [5, 5.41) is 7.49. The molecule has 1 aliphatic carbocycles. The molecule has 14 rings (SSSR count). The lowest BCUT2D eigenvalue weighted by atomic mass is 9.82. The third-order valence-electron chi connectivity index (χ3n) is 14.6. The van der Waals surface area contributed by atoms with Crippen LogP contribution in [-0.4, -0.2) is 24.1 Å². The number of benzene rings is 10. The molecule has 10 aromatic carbocycles. The maximum atomic E-state index is 5.12. The van der Waals surface area contributed by atoms with Crippen LogP contribution < -0.4 is 0 Å². The van der Waals surface area contributed by atoms with Crippen LogP contribution in [0.2, 0.25) is 0 Å². The summed E-state index contributed by atoms with van der Waals surface area (Å²) in [5.74, 6) is 1.91. The van der Waals surface area contributed by atoms with Gasteiger partial charge in [-0.15, -0.1) is 0 Å². The predicted molar refractivity (Wildman–Crippen MR) is 285 cm³/mol. The zero-order valence-corrected chi connectivity index (χ0v) is 38.1. The van der Waals surface area contributed by atoms with E-state index in [4.69, 9.17) is 15.0 Å². The fraction of sp³-hybridized carbons (Fsp3) is 0.0469. The molecule has 5 heteroatoms. The number of fused-ring (bicyclic) bond motifs is 11. The fourth-order valence-corrected chi connectivity index (χ4v) is 11.2. The lowest BCUT2D eigenvalue weighted by Gasteiger charge is -2.22. The van der Waals surface area contributed by atoms with Crippen molar-refractivity contribution < 1.29 is 0 Å². The molecule has 324 valence electrons. The maximum Gasteiger partial charge on any atom is 0.164 e. The molecule has 3 heterocycles. The van der Waals surface area contributed by atoms with E-state index < -0.39 is 0 Å². The molecule has 0 amide bonds. The van der Waals surface area contributed by atoms with Crippen molar-refractivity contribution in [2.45, 2.75) is 19.3 Å². The third-order valence-corrected chi connectivity index (χ3v) is 14.6. The van der Waals surface area contributed by atoms with Crippen molar-refractivity contribution in [1.82, 2.24) is 24.1 Å². The molecule has 0 saturated carbocycles. The smallest absolute Gasteiger partial charge is 0.164 e. The number of nitrogens with zero attached hydrogens (tertiary/aromatic N) is 5. The first-order valence-electron chi connectivity index (χ1n) is 23.7. The van der Waals surface area contributed by atoms with Gasteiger partial charge < -0.3 is 9.13 Å². The van der Waals surface area contributed by atoms with Crippen LogP contribution in [0.25, 0.3) is 122 Å². The highest BCUT2D eigenvalue weighted by atomic mass is 15.0. The first-order chi connectivity index (χ1) is 34.0. The number of aromatic nitrogens is 5. The van der Waals surface area contributed by atoms with Crippen molar-refractivity contribution in [2.24, 2.45) is 0 Å². The quantitative estimate of drug-likeness (QED) is 0.167. The standard InChI is InChI=1S/C64H43N5/c1-64(2)54-34-30-41-16-9-10-23-48(41)60(54)53-38-52-51-37-44(40-28-32-46(33-29-40)68-56-26-13-11-24-49(56)50-25-12-14-27-57(50)68)31-35-58(51)69(59(52)39-55(53)64)47-22-15-21-45(36-47)63-66-61(42-17-5-3-6-18-42)65-62(67-63)43-19-7-4-8-20-43/h3-39H,1-2H3. The summed E-state index contributed by atoms with van der Waals surface area (Å²) in [6, 6.07) is 80.9. The summed E-state index contributed by atoms with van der Waals surface area (Å²) >= 11 is 0. The molecule has 0 atom stereocenters. The monoisotopic (exact) mass is 881 g/mol. The second-order valence-electron chi connectivity index (χ2n) is 18.8. The largest absolute Gasteiger partial charge is 0.309 e. The highest BCUT2D eigenvalue weighted by molar-refractivity contribution is 6.14. The predicted octanol–water partition coefficient (Wildman–Crippen LogP) is 16.2. The Kier molecular flexibility index (Phi) is 8.56. The van der Waals surface area contributed by atoms with E-state index in [1.807, 2.05) is 36.4 Å². The Balaban J connectivity index is 0.965. The minimum Gasteiger partial charge on any atom is -0.309 e. The molecule has 0 spiro atoms. The van der Waals surface area contributed by atoms with Crippen LogP contribution >= 0.6 is 0 Å². The van der Waals surface area contributed by atoms with Crippen molar-refractivity contribution in [1.29, 1.82) is 0 Å². The van der Waals surface area contributed by atoms with Gasteiger partial charge in [0, 0.05) is 55.0 Å². The molecule has 3 aromatic heterocycles. The first-order valence-corrected chi connectivity index (χ1v) is 23.7. The minimum absolute atomic E-state index is 0.206. The zero-order valence-electron chi connectivity index (χ0n) is 38.1. The van der Waals surface area contributed by atoms with Crippen molar-refractivity contribution in [3.05, 3.63) is 236 Å². The molecule has 1 aliphatic rings. The molecule has 0 unspecified atom stereocenters. The normalized spacial score (nSPS) is 12.9. The second-order valence-corrected chi connectivity index (χ2v) is 18.8. The Morgan fingerprint density at radius 3 is 1.54 bits per heavy atom. The van der Waals surface area contributed by atoms with Gasteiger partial charge in [0.2, 0.25) is 0 Å². The van der Waals surface area contributed by atoms with Gasteiger partial charge in [0.05, 0.1) is 22.1 Å². The average molecular weight is 882 g/mol. The van der Waals surface area contributed by atoms with Gasteiger partial charge in [0.25, 0.3) is 0 Å². The maximum absolute atomic E-state index is 5.12. The number of para-hydroxylation sites is 2. The van der Waals surface area contributed by atoms with E-state index in [0.717, 1.165) is 39.1 Å². The Morgan fingerprint density at radius 2 is 0.855 bits per heavy atom. The summed E-state index contributed by atoms with van der Waals surface area (Å²) < 4.78 is 4.82. The van der Waals surface area contributed by atoms with E-state index in [2.05, 4.69) is 211 Å². The van der Waals surface area contributed by atoms with Crippen LogP contribution in [0.3, 0.4) is 0 Å². The average Bonchev–Trinajstić information content (AvgIpc) is 4.00. The summed E-state index contributed by atoms with van der Waals surface area (Å²) in [4.78, 5) is 15.2. The molecular formula is C64H43N5. The molecule has 13 aromatic rings. The van der Waals surface area contributed by atoms with Gasteiger partial charge in [0.1, 0.15) is 0 Å². The van der Waals surface area contributed by atoms with E-state index in [1.165, 1.54) is 76.7 Å². The Hall–Kier alpha value is -8.93. The van der Waals surface area contributed by atoms with Crippen LogP contribution in [0.15, 0.2) is 224 Å². The van der Waals surface area contributed by atoms with Gasteiger partial charge in [-0.1, -0.05) is 178 Å². The molecule has 0 bridgehead atoms. The highest BCUT2D eigenvalue weighted by Crippen LogP contribution is 2.53. The number of hydrogen-bond acceptors (Lipinski definition) is 3. The van der Waals surface area contributed by atoms with Gasteiger partial charge in [-0.2, -0.15) is 0 Å². The Bertz CT molecular complexity index is 4090. The van der Waals surface area contributed by atoms with Crippen LogP contribution in [0, 0.1) is 0 Å². The number of rotatable bonds is 6. The van der Waals surface area contributed by atoms with Gasteiger partial charge in [-0.25, -0.2) is 15.0 Å². The first kappa shape index (κ1) is 39.3. The fourth-order valence-electron chi connectivity index (χ4n) is 11.2. The zero-order chi connectivity index (χ0) is 45.8. The van der Waals surface area contributed by atoms with E-state index in [1.54, 1.807) is 0 Å². The van der Waals surface area contributed by atoms with E-state index in [0.29, 0.717) is 17.5 Å². The van der Waals surface area contributed by atoms with E-state index >= 15 is 0 Å². The van der Waals surface area contributed by atoms with Gasteiger partial charge in [-0.05, 0) is 105 Å². The second kappa shape index (κ2) is 15.0. The third kappa shape index (κ3) is 6.07. The molecule has 5 nitrogen and oxygen atoms in total. The molecule has 0 aliphatic heterocycles. The van der Waals surface area contributed by atoms with Crippen LogP contribution in [-0.2, 0) is 5.41 Å². The summed E-state index contributed by atoms with van der Waals surface area (Å²) in [6.07, 6.45) is 0. The van der Waals surface area contributed by atoms with Crippen molar-refractivity contribution in [3.8, 4) is 67.8 Å². The van der Waals surface area contributed by atoms with Crippen LogP contribution in [0.5, 0.6) is 0 Å². The SMILES string of the molecule is CC1(C)c2cc3c(cc2-c2c1ccc1ccccc21)c1cc(-c2ccc(-n4c5ccccc5c5ccccc54)cc2)ccc1n3-c1cccc(-c2nc(-c3ccccc3)nc(-c3ccccc3)n2)c1. The Morgan fingerprint density at radius 1 is 0.319 bits per heavy atom. The summed E-state index contributed by atoms with van der Waals surface area (Å²) in [7, 11) is 0. The van der Waals surface area contributed by atoms with Gasteiger partial charge >= 0.3 is 0 Å². The Labute approximate surface area is 399 Å². The van der Waals surface area contributed by atoms with Crippen molar-refractivity contribution >= 4 is 54.4 Å².